The summed E-state index contributed by atoms with van der Waals surface area (Å²) in [5.74, 6) is 0.833. The molecule has 1 aliphatic rings. The monoisotopic (exact) mass is 112 g/mol. The lowest BCUT2D eigenvalue weighted by molar-refractivity contribution is -0.114. The van der Waals surface area contributed by atoms with Crippen molar-refractivity contribution in [1.29, 1.82) is 0 Å². The first-order valence-corrected chi connectivity index (χ1v) is 2.57. The van der Waals surface area contributed by atoms with Crippen LogP contribution in [0.15, 0.2) is 4.99 Å². The Morgan fingerprint density at radius 3 is 2.88 bits per heavy atom. The highest BCUT2D eigenvalue weighted by Gasteiger charge is 2.08. The third-order valence-electron chi connectivity index (χ3n) is 1.22. The number of nitrogens with zero attached hydrogens (tertiary/aromatic N) is 2. The molecule has 1 heterocycles. The van der Waals surface area contributed by atoms with Gasteiger partial charge in [-0.3, -0.25) is 9.79 Å². The number of amides is 1. The zero-order valence-corrected chi connectivity index (χ0v) is 4.79. The van der Waals surface area contributed by atoms with Gasteiger partial charge >= 0.3 is 0 Å². The van der Waals surface area contributed by atoms with Crippen LogP contribution in [0.5, 0.6) is 0 Å². The molecule has 0 aliphatic carbocycles. The van der Waals surface area contributed by atoms with Gasteiger partial charge in [-0.1, -0.05) is 0 Å². The Balaban J connectivity index is 2.58. The third-order valence-corrected chi connectivity index (χ3v) is 1.22. The van der Waals surface area contributed by atoms with E-state index >= 15 is 0 Å². The average Bonchev–Trinajstić information content (AvgIpc) is 2.14. The van der Waals surface area contributed by atoms with Gasteiger partial charge in [0.25, 0.3) is 0 Å². The molecule has 0 N–H and O–H groups in total. The number of aliphatic imine (C=N–C) groups is 1. The van der Waals surface area contributed by atoms with Crippen LogP contribution in [0.2, 0.25) is 0 Å². The molecule has 0 atom stereocenters. The maximum absolute atomic E-state index is 10.1. The molecule has 8 heavy (non-hydrogen) atoms. The lowest BCUT2D eigenvalue weighted by Gasteiger charge is -2.05. The second-order valence-corrected chi connectivity index (χ2v) is 1.73. The molecule has 0 aromatic rings. The molecule has 1 aliphatic heterocycles. The molecule has 0 aromatic heterocycles. The second kappa shape index (κ2) is 1.94. The Kier molecular flexibility index (Phi) is 1.28. The second-order valence-electron chi connectivity index (χ2n) is 1.73. The van der Waals surface area contributed by atoms with Crippen molar-refractivity contribution in [3.8, 4) is 0 Å². The summed E-state index contributed by atoms with van der Waals surface area (Å²) in [6.45, 7) is 3.36. The maximum Gasteiger partial charge on any atom is 0.215 e. The van der Waals surface area contributed by atoms with Crippen LogP contribution in [0.25, 0.3) is 0 Å². The van der Waals surface area contributed by atoms with Crippen molar-refractivity contribution in [1.82, 2.24) is 4.90 Å². The van der Waals surface area contributed by atoms with Crippen LogP contribution in [-0.4, -0.2) is 30.2 Å². The Hall–Kier alpha value is -0.860. The van der Waals surface area contributed by atoms with Gasteiger partial charge in [-0.25, -0.2) is 0 Å². The van der Waals surface area contributed by atoms with Crippen LogP contribution >= 0.6 is 0 Å². The van der Waals surface area contributed by atoms with Crippen molar-refractivity contribution in [2.24, 2.45) is 4.99 Å². The van der Waals surface area contributed by atoms with Gasteiger partial charge in [0.1, 0.15) is 5.84 Å². The van der Waals surface area contributed by atoms with E-state index in [-0.39, 0.29) is 0 Å². The molecule has 0 unspecified atom stereocenters. The molecule has 1 amide bonds. The molecule has 44 valence electrons. The van der Waals surface area contributed by atoms with Crippen LogP contribution in [-0.2, 0) is 4.79 Å². The molecule has 3 heteroatoms. The Bertz CT molecular complexity index is 130. The summed E-state index contributed by atoms with van der Waals surface area (Å²) in [7, 11) is 0. The number of amidine groups is 1. The van der Waals surface area contributed by atoms with Crippen molar-refractivity contribution in [2.75, 3.05) is 13.1 Å². The molecule has 0 spiro atoms. The summed E-state index contributed by atoms with van der Waals surface area (Å²) in [6, 6.07) is 0. The largest absolute Gasteiger partial charge is 0.302 e. The minimum atomic E-state index is 0.759. The summed E-state index contributed by atoms with van der Waals surface area (Å²) in [6.07, 6.45) is 0.811. The van der Waals surface area contributed by atoms with E-state index in [9.17, 15) is 4.79 Å². The summed E-state index contributed by atoms with van der Waals surface area (Å²) >= 11 is 0. The number of hydrogen-bond acceptors (Lipinski definition) is 2. The molecular formula is C5H8N2O. The lowest BCUT2D eigenvalue weighted by atomic mass is 10.6. The minimum absolute atomic E-state index is 0.759. The molecule has 0 radical (unpaired) electrons. The minimum Gasteiger partial charge on any atom is -0.302 e. The van der Waals surface area contributed by atoms with Gasteiger partial charge in [-0.15, -0.1) is 0 Å². The van der Waals surface area contributed by atoms with E-state index in [1.807, 2.05) is 6.92 Å². The van der Waals surface area contributed by atoms with E-state index in [0.717, 1.165) is 25.3 Å². The molecular weight excluding hydrogens is 104 g/mol. The van der Waals surface area contributed by atoms with E-state index < -0.39 is 0 Å². The van der Waals surface area contributed by atoms with E-state index in [1.165, 1.54) is 0 Å². The van der Waals surface area contributed by atoms with Crippen molar-refractivity contribution in [3.63, 3.8) is 0 Å². The van der Waals surface area contributed by atoms with Crippen molar-refractivity contribution < 1.29 is 4.79 Å². The van der Waals surface area contributed by atoms with E-state index in [0.29, 0.717) is 0 Å². The zero-order valence-electron chi connectivity index (χ0n) is 4.79. The molecule has 3 nitrogen and oxygen atoms in total. The summed E-state index contributed by atoms with van der Waals surface area (Å²) in [5.41, 5.74) is 0. The molecule has 1 rings (SSSR count). The molecule has 0 saturated carbocycles. The Labute approximate surface area is 48.0 Å². The van der Waals surface area contributed by atoms with E-state index in [2.05, 4.69) is 4.99 Å². The lowest BCUT2D eigenvalue weighted by Crippen LogP contribution is -2.23. The van der Waals surface area contributed by atoms with Crippen LogP contribution in [0.4, 0.5) is 0 Å². The van der Waals surface area contributed by atoms with Gasteiger partial charge in [0.2, 0.25) is 6.41 Å². The van der Waals surface area contributed by atoms with E-state index in [1.54, 1.807) is 4.90 Å². The van der Waals surface area contributed by atoms with Gasteiger partial charge in [0, 0.05) is 6.54 Å². The number of hydrogen-bond donors (Lipinski definition) is 0. The van der Waals surface area contributed by atoms with Gasteiger partial charge in [-0.05, 0) is 6.92 Å². The first kappa shape index (κ1) is 5.28. The third kappa shape index (κ3) is 0.710. The fourth-order valence-electron chi connectivity index (χ4n) is 0.701. The topological polar surface area (TPSA) is 32.7 Å². The molecule has 0 fully saturated rings. The van der Waals surface area contributed by atoms with E-state index in [4.69, 9.17) is 0 Å². The fraction of sp³-hybridized carbons (Fsp3) is 0.600. The highest BCUT2D eigenvalue weighted by molar-refractivity contribution is 5.90. The average molecular weight is 112 g/mol. The quantitative estimate of drug-likeness (QED) is 0.435. The number of carbonyl (C=O) groups excluding carboxylic acids is 1. The predicted octanol–water partition coefficient (Wildman–Crippen LogP) is -0.123. The first-order valence-electron chi connectivity index (χ1n) is 2.57. The predicted molar refractivity (Wildman–Crippen MR) is 30.7 cm³/mol. The van der Waals surface area contributed by atoms with Crippen molar-refractivity contribution in [2.45, 2.75) is 6.92 Å². The normalized spacial score (nSPS) is 18.6. The van der Waals surface area contributed by atoms with Gasteiger partial charge in [0.15, 0.2) is 0 Å². The molecule has 0 saturated heterocycles. The molecule has 0 aromatic carbocycles. The number of rotatable bonds is 1. The van der Waals surface area contributed by atoms with Crippen LogP contribution in [0.3, 0.4) is 0 Å². The highest BCUT2D eigenvalue weighted by atomic mass is 16.1. The summed E-state index contributed by atoms with van der Waals surface area (Å²) in [5, 5.41) is 0. The van der Waals surface area contributed by atoms with Gasteiger partial charge in [0.05, 0.1) is 6.54 Å². The number of carbonyl (C=O) groups is 1. The summed E-state index contributed by atoms with van der Waals surface area (Å²) < 4.78 is 0. The van der Waals surface area contributed by atoms with Crippen LogP contribution < -0.4 is 0 Å². The Morgan fingerprint density at radius 2 is 2.62 bits per heavy atom. The Morgan fingerprint density at radius 1 is 1.88 bits per heavy atom. The first-order chi connectivity index (χ1) is 3.84. The SMILES string of the molecule is CC1=NCCN1C=O. The van der Waals surface area contributed by atoms with Crippen molar-refractivity contribution >= 4 is 12.2 Å². The van der Waals surface area contributed by atoms with Crippen molar-refractivity contribution in [3.05, 3.63) is 0 Å². The zero-order chi connectivity index (χ0) is 5.98. The standard InChI is InChI=1S/C5H8N2O/c1-5-6-2-3-7(5)4-8/h4H,2-3H2,1H3. The smallest absolute Gasteiger partial charge is 0.215 e. The highest BCUT2D eigenvalue weighted by Crippen LogP contribution is 1.95. The maximum atomic E-state index is 10.1. The van der Waals surface area contributed by atoms with Gasteiger partial charge in [-0.2, -0.15) is 0 Å². The van der Waals surface area contributed by atoms with Crippen LogP contribution in [0, 0.1) is 0 Å². The fourth-order valence-corrected chi connectivity index (χ4v) is 0.701. The van der Waals surface area contributed by atoms with Gasteiger partial charge < -0.3 is 4.90 Å². The summed E-state index contributed by atoms with van der Waals surface area (Å²) in [4.78, 5) is 15.7. The molecule has 0 bridgehead atoms. The van der Waals surface area contributed by atoms with Crippen LogP contribution in [0.1, 0.15) is 6.92 Å².